The minimum absolute atomic E-state index is 0.0376. The summed E-state index contributed by atoms with van der Waals surface area (Å²) in [6.45, 7) is 6.94. The molecule has 2 heterocycles. The molecule has 0 atom stereocenters. The first-order valence-corrected chi connectivity index (χ1v) is 8.79. The summed E-state index contributed by atoms with van der Waals surface area (Å²) in [4.78, 5) is 40.2. The molecule has 0 saturated heterocycles. The van der Waals surface area contributed by atoms with Crippen molar-refractivity contribution in [2.75, 3.05) is 0 Å². The van der Waals surface area contributed by atoms with Crippen molar-refractivity contribution in [3.8, 4) is 5.75 Å². The zero-order chi connectivity index (χ0) is 19.9. The number of nitrogens with one attached hydrogen (secondary N) is 1. The maximum absolute atomic E-state index is 13.0. The first-order valence-electron chi connectivity index (χ1n) is 8.41. The second kappa shape index (κ2) is 7.08. The van der Waals surface area contributed by atoms with Crippen LogP contribution in [-0.2, 0) is 6.54 Å². The van der Waals surface area contributed by atoms with Gasteiger partial charge in [0.2, 0.25) is 0 Å². The fraction of sp³-hybridized carbons (Fsp3) is 0.316. The Morgan fingerprint density at radius 3 is 2.56 bits per heavy atom. The number of aromatic amines is 1. The van der Waals surface area contributed by atoms with Crippen LogP contribution in [0.2, 0.25) is 5.02 Å². The molecule has 0 bridgehead atoms. The average Bonchev–Trinajstić information content (AvgIpc) is 2.55. The van der Waals surface area contributed by atoms with Crippen LogP contribution in [0, 0.1) is 13.8 Å². The summed E-state index contributed by atoms with van der Waals surface area (Å²) in [7, 11) is 0. The second-order valence-corrected chi connectivity index (χ2v) is 7.00. The molecule has 0 amide bonds. The number of aryl methyl sites for hydroxylation is 2. The Morgan fingerprint density at radius 1 is 1.22 bits per heavy atom. The predicted molar refractivity (Wildman–Crippen MR) is 103 cm³/mol. The van der Waals surface area contributed by atoms with E-state index in [4.69, 9.17) is 20.8 Å². The molecule has 1 aromatic carbocycles. The van der Waals surface area contributed by atoms with E-state index in [1.54, 1.807) is 26.0 Å². The van der Waals surface area contributed by atoms with Gasteiger partial charge in [0.1, 0.15) is 16.7 Å². The Bertz CT molecular complexity index is 1200. The van der Waals surface area contributed by atoms with Gasteiger partial charge in [-0.25, -0.2) is 9.36 Å². The van der Waals surface area contributed by atoms with Crippen LogP contribution in [0.5, 0.6) is 5.75 Å². The van der Waals surface area contributed by atoms with E-state index in [1.807, 2.05) is 13.8 Å². The number of pyridine rings is 1. The number of halogens is 1. The van der Waals surface area contributed by atoms with Gasteiger partial charge < -0.3 is 14.1 Å². The molecule has 0 saturated carbocycles. The lowest BCUT2D eigenvalue weighted by Gasteiger charge is -2.13. The van der Waals surface area contributed by atoms with Crippen LogP contribution in [0.4, 0.5) is 0 Å². The molecule has 0 radical (unpaired) electrons. The molecule has 0 aliphatic carbocycles. The largest absolute Gasteiger partial charge is 0.489 e. The molecule has 2 aromatic heterocycles. The number of H-pyrrole nitrogens is 1. The van der Waals surface area contributed by atoms with Crippen molar-refractivity contribution in [3.05, 3.63) is 71.3 Å². The van der Waals surface area contributed by atoms with E-state index in [2.05, 4.69) is 4.98 Å². The van der Waals surface area contributed by atoms with E-state index >= 15 is 0 Å². The summed E-state index contributed by atoms with van der Waals surface area (Å²) in [5, 5.41) is 0.105. The van der Waals surface area contributed by atoms with E-state index in [9.17, 15) is 14.4 Å². The highest BCUT2D eigenvalue weighted by atomic mass is 35.5. The quantitative estimate of drug-likeness (QED) is 0.739. The van der Waals surface area contributed by atoms with Crippen LogP contribution in [-0.4, -0.2) is 15.7 Å². The number of nitrogens with zero attached hydrogens (tertiary/aromatic N) is 1. The summed E-state index contributed by atoms with van der Waals surface area (Å²) in [6, 6.07) is 4.79. The molecule has 142 valence electrons. The minimum atomic E-state index is -0.861. The summed E-state index contributed by atoms with van der Waals surface area (Å²) < 4.78 is 11.7. The summed E-state index contributed by atoms with van der Waals surface area (Å²) in [5.41, 5.74) is 0.738. The van der Waals surface area contributed by atoms with Crippen molar-refractivity contribution in [1.82, 2.24) is 9.55 Å². The van der Waals surface area contributed by atoms with Crippen LogP contribution >= 0.6 is 11.6 Å². The normalized spacial score (nSPS) is 11.3. The van der Waals surface area contributed by atoms with Gasteiger partial charge in [-0.1, -0.05) is 11.6 Å². The summed E-state index contributed by atoms with van der Waals surface area (Å²) >= 11 is 6.33. The van der Waals surface area contributed by atoms with Gasteiger partial charge >= 0.3 is 5.76 Å². The maximum Gasteiger partial charge on any atom is 0.422 e. The number of rotatable bonds is 4. The molecular weight excluding hydrogens is 372 g/mol. The van der Waals surface area contributed by atoms with Crippen molar-refractivity contribution in [3.63, 3.8) is 0 Å². The number of ether oxygens (including phenoxy) is 1. The van der Waals surface area contributed by atoms with Crippen LogP contribution < -0.4 is 21.6 Å². The molecule has 0 fully saturated rings. The van der Waals surface area contributed by atoms with E-state index in [-0.39, 0.29) is 34.2 Å². The molecular formula is C19H19ClN2O5. The number of hydrogen-bond acceptors (Lipinski definition) is 5. The first-order chi connectivity index (χ1) is 12.7. The maximum atomic E-state index is 13.0. The van der Waals surface area contributed by atoms with Crippen molar-refractivity contribution in [2.24, 2.45) is 0 Å². The highest BCUT2D eigenvalue weighted by Crippen LogP contribution is 2.31. The molecule has 0 spiro atoms. The van der Waals surface area contributed by atoms with Gasteiger partial charge in [-0.05, 0) is 51.5 Å². The molecule has 0 unspecified atom stereocenters. The fourth-order valence-electron chi connectivity index (χ4n) is 2.91. The number of hydrogen-bond donors (Lipinski definition) is 1. The van der Waals surface area contributed by atoms with Crippen molar-refractivity contribution in [2.45, 2.75) is 40.3 Å². The molecule has 0 aliphatic heterocycles. The van der Waals surface area contributed by atoms with Crippen LogP contribution in [0.25, 0.3) is 11.0 Å². The van der Waals surface area contributed by atoms with Gasteiger partial charge in [0, 0.05) is 11.3 Å². The molecule has 3 aromatic rings. The minimum Gasteiger partial charge on any atom is -0.489 e. The van der Waals surface area contributed by atoms with Crippen LogP contribution in [0.15, 0.2) is 37.0 Å². The third-order valence-corrected chi connectivity index (χ3v) is 4.49. The highest BCUT2D eigenvalue weighted by Gasteiger charge is 2.18. The lowest BCUT2D eigenvalue weighted by Crippen LogP contribution is -2.35. The van der Waals surface area contributed by atoms with Crippen LogP contribution in [0.1, 0.15) is 30.7 Å². The SMILES string of the molecule is Cc1cc(C)c(Cn2c(=O)oc3ccc(OC(C)C)c(Cl)c3c2=O)c(=O)[nH]1. The van der Waals surface area contributed by atoms with E-state index in [1.165, 1.54) is 6.07 Å². The second-order valence-electron chi connectivity index (χ2n) is 6.62. The smallest absolute Gasteiger partial charge is 0.422 e. The molecule has 1 N–H and O–H groups in total. The lowest BCUT2D eigenvalue weighted by molar-refractivity contribution is 0.243. The number of fused-ring (bicyclic) bond motifs is 1. The monoisotopic (exact) mass is 390 g/mol. The molecule has 7 nitrogen and oxygen atoms in total. The van der Waals surface area contributed by atoms with Gasteiger partial charge in [0.15, 0.2) is 0 Å². The van der Waals surface area contributed by atoms with Gasteiger partial charge in [-0.15, -0.1) is 0 Å². The summed E-state index contributed by atoms with van der Waals surface area (Å²) in [6.07, 6.45) is -0.147. The average molecular weight is 391 g/mol. The third kappa shape index (κ3) is 3.55. The molecule has 27 heavy (non-hydrogen) atoms. The third-order valence-electron chi connectivity index (χ3n) is 4.12. The van der Waals surface area contributed by atoms with Crippen molar-refractivity contribution >= 4 is 22.6 Å². The zero-order valence-corrected chi connectivity index (χ0v) is 16.1. The van der Waals surface area contributed by atoms with Gasteiger partial charge in [-0.3, -0.25) is 9.59 Å². The Labute approximate surface area is 159 Å². The van der Waals surface area contributed by atoms with Crippen molar-refractivity contribution in [1.29, 1.82) is 0 Å². The van der Waals surface area contributed by atoms with Gasteiger partial charge in [0.25, 0.3) is 11.1 Å². The van der Waals surface area contributed by atoms with E-state index in [0.29, 0.717) is 22.6 Å². The van der Waals surface area contributed by atoms with E-state index in [0.717, 1.165) is 4.57 Å². The van der Waals surface area contributed by atoms with Gasteiger partial charge in [0.05, 0.1) is 17.7 Å². The molecule has 0 aliphatic rings. The van der Waals surface area contributed by atoms with Crippen LogP contribution in [0.3, 0.4) is 0 Å². The standard InChI is InChI=1S/C19H19ClN2O5/c1-9(2)26-14-6-5-13-15(16(14)20)18(24)22(19(25)27-13)8-12-10(3)7-11(4)21-17(12)23/h5-7,9H,8H2,1-4H3,(H,21,23). The molecule has 8 heteroatoms. The topological polar surface area (TPSA) is 94.3 Å². The Balaban J connectivity index is 2.23. The molecule has 3 rings (SSSR count). The fourth-order valence-corrected chi connectivity index (χ4v) is 3.19. The number of aromatic nitrogens is 2. The van der Waals surface area contributed by atoms with Crippen molar-refractivity contribution < 1.29 is 9.15 Å². The lowest BCUT2D eigenvalue weighted by atomic mass is 10.1. The number of benzene rings is 1. The zero-order valence-electron chi connectivity index (χ0n) is 15.4. The highest BCUT2D eigenvalue weighted by molar-refractivity contribution is 6.36. The Morgan fingerprint density at radius 2 is 1.93 bits per heavy atom. The van der Waals surface area contributed by atoms with E-state index < -0.39 is 11.3 Å². The Kier molecular flexibility index (Phi) is 4.97. The first kappa shape index (κ1) is 19.0. The van der Waals surface area contributed by atoms with Gasteiger partial charge in [-0.2, -0.15) is 0 Å². The summed E-state index contributed by atoms with van der Waals surface area (Å²) in [5.74, 6) is -0.540. The predicted octanol–water partition coefficient (Wildman–Crippen LogP) is 2.75. The Hall–Kier alpha value is -2.80.